The number of halogens is 2. The van der Waals surface area contributed by atoms with Crippen LogP contribution < -0.4 is 0 Å². The van der Waals surface area contributed by atoms with Gasteiger partial charge in [-0.15, -0.1) is 11.3 Å². The predicted molar refractivity (Wildman–Crippen MR) is 84.2 cm³/mol. The van der Waals surface area contributed by atoms with Gasteiger partial charge in [0, 0.05) is 20.7 Å². The van der Waals surface area contributed by atoms with Crippen molar-refractivity contribution in [1.29, 1.82) is 0 Å². The van der Waals surface area contributed by atoms with Gasteiger partial charge in [0.15, 0.2) is 4.34 Å². The first-order valence-corrected chi connectivity index (χ1v) is 8.26. The summed E-state index contributed by atoms with van der Waals surface area (Å²) < 4.78 is 0.842. The Morgan fingerprint density at radius 2 is 2.20 bits per heavy atom. The van der Waals surface area contributed by atoms with Crippen molar-refractivity contribution in [2.24, 2.45) is 0 Å². The van der Waals surface area contributed by atoms with Crippen LogP contribution in [0.1, 0.15) is 16.1 Å². The lowest BCUT2D eigenvalue weighted by molar-refractivity contribution is -0.136. The number of thioether (sulfide) groups is 1. The molecule has 0 amide bonds. The van der Waals surface area contributed by atoms with Gasteiger partial charge in [-0.3, -0.25) is 4.79 Å². The van der Waals surface area contributed by atoms with Crippen LogP contribution in [0.15, 0.2) is 22.5 Å². The number of thiazole rings is 1. The zero-order chi connectivity index (χ0) is 14.7. The molecule has 0 fully saturated rings. The first kappa shape index (κ1) is 15.6. The molecule has 0 spiro atoms. The molecule has 20 heavy (non-hydrogen) atoms. The van der Waals surface area contributed by atoms with E-state index in [0.29, 0.717) is 15.8 Å². The van der Waals surface area contributed by atoms with E-state index in [0.717, 1.165) is 20.5 Å². The number of hydrogen-bond donors (Lipinski definition) is 1. The Bertz CT molecular complexity index is 643. The molecule has 7 heteroatoms. The van der Waals surface area contributed by atoms with Crippen LogP contribution in [-0.4, -0.2) is 16.1 Å². The summed E-state index contributed by atoms with van der Waals surface area (Å²) in [5.74, 6) is -0.190. The lowest BCUT2D eigenvalue weighted by Gasteiger charge is -2.02. The maximum Gasteiger partial charge on any atom is 0.308 e. The molecule has 1 aromatic heterocycles. The van der Waals surface area contributed by atoms with Gasteiger partial charge in [-0.05, 0) is 30.7 Å². The van der Waals surface area contributed by atoms with Gasteiger partial charge in [0.2, 0.25) is 0 Å². The largest absolute Gasteiger partial charge is 0.481 e. The molecule has 0 saturated carbocycles. The molecule has 0 aliphatic carbocycles. The molecule has 1 N–H and O–H groups in total. The SMILES string of the molecule is Cc1nc(SCc2cc(Cl)ccc2Cl)sc1CC(=O)O. The van der Waals surface area contributed by atoms with Crippen molar-refractivity contribution in [3.05, 3.63) is 44.4 Å². The Morgan fingerprint density at radius 1 is 1.45 bits per heavy atom. The molecule has 106 valence electrons. The van der Waals surface area contributed by atoms with Gasteiger partial charge in [-0.2, -0.15) is 0 Å². The molecule has 1 heterocycles. The number of aliphatic carboxylic acids is 1. The van der Waals surface area contributed by atoms with Crippen LogP contribution in [0, 0.1) is 6.92 Å². The first-order chi connectivity index (χ1) is 9.45. The van der Waals surface area contributed by atoms with Crippen LogP contribution in [0.3, 0.4) is 0 Å². The smallest absolute Gasteiger partial charge is 0.308 e. The minimum Gasteiger partial charge on any atom is -0.481 e. The maximum atomic E-state index is 10.7. The van der Waals surface area contributed by atoms with Crippen molar-refractivity contribution in [3.8, 4) is 0 Å². The highest BCUT2D eigenvalue weighted by Gasteiger charge is 2.12. The number of aromatic nitrogens is 1. The summed E-state index contributed by atoms with van der Waals surface area (Å²) in [4.78, 5) is 15.9. The summed E-state index contributed by atoms with van der Waals surface area (Å²) in [5.41, 5.74) is 1.72. The van der Waals surface area contributed by atoms with E-state index in [1.54, 1.807) is 12.1 Å². The Morgan fingerprint density at radius 3 is 2.90 bits per heavy atom. The second-order valence-electron chi connectivity index (χ2n) is 4.08. The van der Waals surface area contributed by atoms with Crippen molar-refractivity contribution < 1.29 is 9.90 Å². The van der Waals surface area contributed by atoms with Crippen LogP contribution in [0.25, 0.3) is 0 Å². The molecule has 1 aromatic carbocycles. The standard InChI is InChI=1S/C13H11Cl2NO2S2/c1-7-11(5-12(17)18)20-13(16-7)19-6-8-4-9(14)2-3-10(8)15/h2-4H,5-6H2,1H3,(H,17,18). The fourth-order valence-electron chi connectivity index (χ4n) is 1.56. The molecule has 0 unspecified atom stereocenters. The molecule has 0 atom stereocenters. The van der Waals surface area contributed by atoms with Gasteiger partial charge in [-0.1, -0.05) is 35.0 Å². The number of benzene rings is 1. The quantitative estimate of drug-likeness (QED) is 0.798. The average molecular weight is 348 g/mol. The summed E-state index contributed by atoms with van der Waals surface area (Å²) in [6, 6.07) is 5.34. The number of nitrogens with zero attached hydrogens (tertiary/aromatic N) is 1. The lowest BCUT2D eigenvalue weighted by Crippen LogP contribution is -1.99. The Hall–Kier alpha value is -0.750. The topological polar surface area (TPSA) is 50.2 Å². The Labute approximate surface area is 134 Å². The first-order valence-electron chi connectivity index (χ1n) is 5.70. The van der Waals surface area contributed by atoms with E-state index in [1.807, 2.05) is 13.0 Å². The van der Waals surface area contributed by atoms with Gasteiger partial charge in [0.05, 0.1) is 12.1 Å². The minimum absolute atomic E-state index is 0.0159. The third-order valence-electron chi connectivity index (χ3n) is 2.54. The van der Waals surface area contributed by atoms with Crippen molar-refractivity contribution in [1.82, 2.24) is 4.98 Å². The minimum atomic E-state index is -0.841. The van der Waals surface area contributed by atoms with Crippen molar-refractivity contribution >= 4 is 52.3 Å². The van der Waals surface area contributed by atoms with Gasteiger partial charge in [-0.25, -0.2) is 4.98 Å². The monoisotopic (exact) mass is 347 g/mol. The Balaban J connectivity index is 2.07. The number of carboxylic acid groups (broad SMARTS) is 1. The zero-order valence-electron chi connectivity index (χ0n) is 10.5. The molecule has 2 rings (SSSR count). The third kappa shape index (κ3) is 4.12. The van der Waals surface area contributed by atoms with Crippen LogP contribution in [0.4, 0.5) is 0 Å². The molecular weight excluding hydrogens is 337 g/mol. The van der Waals surface area contributed by atoms with Gasteiger partial charge in [0.25, 0.3) is 0 Å². The molecular formula is C13H11Cl2NO2S2. The van der Waals surface area contributed by atoms with E-state index >= 15 is 0 Å². The van der Waals surface area contributed by atoms with Crippen LogP contribution in [-0.2, 0) is 17.0 Å². The maximum absolute atomic E-state index is 10.7. The number of carboxylic acids is 1. The zero-order valence-corrected chi connectivity index (χ0v) is 13.7. The molecule has 3 nitrogen and oxygen atoms in total. The fraction of sp³-hybridized carbons (Fsp3) is 0.231. The van der Waals surface area contributed by atoms with E-state index in [1.165, 1.54) is 23.1 Å². The highest BCUT2D eigenvalue weighted by Crippen LogP contribution is 2.32. The average Bonchev–Trinajstić information content (AvgIpc) is 2.70. The summed E-state index contributed by atoms with van der Waals surface area (Å²) in [7, 11) is 0. The molecule has 0 saturated heterocycles. The van der Waals surface area contributed by atoms with Crippen LogP contribution in [0.5, 0.6) is 0 Å². The van der Waals surface area contributed by atoms with Gasteiger partial charge < -0.3 is 5.11 Å². The van der Waals surface area contributed by atoms with Gasteiger partial charge >= 0.3 is 5.97 Å². The molecule has 0 radical (unpaired) electrons. The lowest BCUT2D eigenvalue weighted by atomic mass is 10.2. The Kier molecular flexibility index (Phi) is 5.32. The number of rotatable bonds is 5. The van der Waals surface area contributed by atoms with Crippen LogP contribution >= 0.6 is 46.3 Å². The highest BCUT2D eigenvalue weighted by atomic mass is 35.5. The van der Waals surface area contributed by atoms with Crippen molar-refractivity contribution in [2.75, 3.05) is 0 Å². The number of carbonyl (C=O) groups is 1. The van der Waals surface area contributed by atoms with Crippen LogP contribution in [0.2, 0.25) is 10.0 Å². The molecule has 0 bridgehead atoms. The van der Waals surface area contributed by atoms with E-state index in [4.69, 9.17) is 28.3 Å². The van der Waals surface area contributed by atoms with E-state index < -0.39 is 5.97 Å². The summed E-state index contributed by atoms with van der Waals surface area (Å²) in [5, 5.41) is 10.1. The van der Waals surface area contributed by atoms with Crippen molar-refractivity contribution in [3.63, 3.8) is 0 Å². The molecule has 0 aliphatic heterocycles. The predicted octanol–water partition coefficient (Wildman–Crippen LogP) is 4.68. The fourth-order valence-corrected chi connectivity index (χ4v) is 4.23. The van der Waals surface area contributed by atoms with E-state index in [-0.39, 0.29) is 6.42 Å². The van der Waals surface area contributed by atoms with E-state index in [2.05, 4.69) is 4.98 Å². The van der Waals surface area contributed by atoms with Crippen molar-refractivity contribution in [2.45, 2.75) is 23.4 Å². The normalized spacial score (nSPS) is 10.8. The third-order valence-corrected chi connectivity index (χ3v) is 5.50. The second kappa shape index (κ2) is 6.80. The summed E-state index contributed by atoms with van der Waals surface area (Å²) in [6.45, 7) is 1.82. The molecule has 2 aromatic rings. The van der Waals surface area contributed by atoms with E-state index in [9.17, 15) is 4.79 Å². The van der Waals surface area contributed by atoms with Gasteiger partial charge in [0.1, 0.15) is 0 Å². The summed E-state index contributed by atoms with van der Waals surface area (Å²) in [6.07, 6.45) is 0.0159. The number of hydrogen-bond acceptors (Lipinski definition) is 4. The second-order valence-corrected chi connectivity index (χ2v) is 7.23. The number of aryl methyl sites for hydroxylation is 1. The highest BCUT2D eigenvalue weighted by molar-refractivity contribution is 8.00. The summed E-state index contributed by atoms with van der Waals surface area (Å²) >= 11 is 15.0. The molecule has 0 aliphatic rings.